The minimum absolute atomic E-state index is 0.173. The molecule has 1 aliphatic heterocycles. The van der Waals surface area contributed by atoms with Crippen molar-refractivity contribution in [3.8, 4) is 11.5 Å². The molecule has 1 aromatic carbocycles. The van der Waals surface area contributed by atoms with Crippen molar-refractivity contribution >= 4 is 0 Å². The molecule has 0 N–H and O–H groups in total. The summed E-state index contributed by atoms with van der Waals surface area (Å²) < 4.78 is 17.1. The fourth-order valence-electron chi connectivity index (χ4n) is 3.61. The minimum atomic E-state index is 0.173. The van der Waals surface area contributed by atoms with Crippen molar-refractivity contribution in [3.63, 3.8) is 0 Å². The smallest absolute Gasteiger partial charge is 0.164 e. The van der Waals surface area contributed by atoms with E-state index in [1.54, 1.807) is 14.2 Å². The molecule has 0 bridgehead atoms. The van der Waals surface area contributed by atoms with Gasteiger partial charge in [0.25, 0.3) is 0 Å². The number of benzene rings is 1. The Morgan fingerprint density at radius 1 is 1.30 bits per heavy atom. The summed E-state index contributed by atoms with van der Waals surface area (Å²) in [5.41, 5.74) is 2.53. The van der Waals surface area contributed by atoms with Crippen LogP contribution in [-0.4, -0.2) is 44.9 Å². The van der Waals surface area contributed by atoms with Gasteiger partial charge < -0.3 is 14.2 Å². The zero-order chi connectivity index (χ0) is 14.1. The number of ether oxygens (including phenoxy) is 3. The van der Waals surface area contributed by atoms with Crippen molar-refractivity contribution in [1.29, 1.82) is 0 Å². The van der Waals surface area contributed by atoms with Gasteiger partial charge in [0.1, 0.15) is 0 Å². The van der Waals surface area contributed by atoms with Crippen molar-refractivity contribution in [2.75, 3.05) is 33.9 Å². The van der Waals surface area contributed by atoms with E-state index in [0.29, 0.717) is 6.04 Å². The van der Waals surface area contributed by atoms with Crippen LogP contribution < -0.4 is 9.47 Å². The normalized spacial score (nSPS) is 25.8. The second-order valence-electron chi connectivity index (χ2n) is 5.39. The second-order valence-corrected chi connectivity index (χ2v) is 5.39. The van der Waals surface area contributed by atoms with Gasteiger partial charge in [0.15, 0.2) is 11.5 Å². The molecule has 1 fully saturated rings. The Balaban J connectivity index is 2.01. The molecule has 110 valence electrons. The molecule has 20 heavy (non-hydrogen) atoms. The van der Waals surface area contributed by atoms with E-state index in [9.17, 15) is 0 Å². The minimum Gasteiger partial charge on any atom is -0.493 e. The standard InChI is InChI=1S/C16H23NO3/c1-4-17-9-10-20-15-11-6-8-14(18-2)16(19-3)12(11)5-7-13(15)17/h6,8,13,15H,4-5,7,9-10H2,1-3H3/t13-,15-/m1/s1. The average molecular weight is 277 g/mol. The number of methoxy groups -OCH3 is 2. The van der Waals surface area contributed by atoms with Crippen molar-refractivity contribution in [1.82, 2.24) is 4.90 Å². The molecular weight excluding hydrogens is 254 g/mol. The third kappa shape index (κ3) is 2.07. The zero-order valence-corrected chi connectivity index (χ0v) is 12.5. The van der Waals surface area contributed by atoms with Gasteiger partial charge >= 0.3 is 0 Å². The van der Waals surface area contributed by atoms with Crippen LogP contribution in [0.2, 0.25) is 0 Å². The number of morpholine rings is 1. The Morgan fingerprint density at radius 2 is 2.15 bits per heavy atom. The summed E-state index contributed by atoms with van der Waals surface area (Å²) in [5, 5.41) is 0. The topological polar surface area (TPSA) is 30.9 Å². The van der Waals surface area contributed by atoms with E-state index in [0.717, 1.165) is 44.0 Å². The fourth-order valence-corrected chi connectivity index (χ4v) is 3.61. The van der Waals surface area contributed by atoms with Gasteiger partial charge in [-0.15, -0.1) is 0 Å². The maximum absolute atomic E-state index is 6.08. The van der Waals surface area contributed by atoms with E-state index in [2.05, 4.69) is 17.9 Å². The van der Waals surface area contributed by atoms with Gasteiger partial charge in [-0.1, -0.05) is 13.0 Å². The molecule has 1 aliphatic carbocycles. The van der Waals surface area contributed by atoms with Gasteiger partial charge in [-0.05, 0) is 31.0 Å². The molecule has 0 radical (unpaired) electrons. The van der Waals surface area contributed by atoms with Crippen LogP contribution in [0, 0.1) is 0 Å². The van der Waals surface area contributed by atoms with Gasteiger partial charge in [-0.3, -0.25) is 4.90 Å². The Morgan fingerprint density at radius 3 is 2.85 bits per heavy atom. The predicted octanol–water partition coefficient (Wildman–Crippen LogP) is 2.41. The molecule has 0 unspecified atom stereocenters. The third-order valence-corrected chi connectivity index (χ3v) is 4.58. The summed E-state index contributed by atoms with van der Waals surface area (Å²) in [7, 11) is 3.40. The van der Waals surface area contributed by atoms with E-state index >= 15 is 0 Å². The van der Waals surface area contributed by atoms with Crippen molar-refractivity contribution in [2.24, 2.45) is 0 Å². The van der Waals surface area contributed by atoms with Crippen LogP contribution in [0.5, 0.6) is 11.5 Å². The highest BCUT2D eigenvalue weighted by molar-refractivity contribution is 5.53. The SMILES string of the molecule is CCN1CCO[C@@H]2c3ccc(OC)c(OC)c3CC[C@H]21. The molecule has 2 aliphatic rings. The number of hydrogen-bond donors (Lipinski definition) is 0. The molecule has 1 heterocycles. The van der Waals surface area contributed by atoms with Gasteiger partial charge in [0.05, 0.1) is 26.9 Å². The molecule has 0 saturated carbocycles. The lowest BCUT2D eigenvalue weighted by molar-refractivity contribution is -0.0786. The number of nitrogens with zero attached hydrogens (tertiary/aromatic N) is 1. The molecule has 4 nitrogen and oxygen atoms in total. The van der Waals surface area contributed by atoms with Crippen molar-refractivity contribution in [3.05, 3.63) is 23.3 Å². The van der Waals surface area contributed by atoms with E-state index < -0.39 is 0 Å². The van der Waals surface area contributed by atoms with Crippen LogP contribution in [0.3, 0.4) is 0 Å². The second kappa shape index (κ2) is 5.62. The lowest BCUT2D eigenvalue weighted by Gasteiger charge is -2.44. The number of rotatable bonds is 3. The summed E-state index contributed by atoms with van der Waals surface area (Å²) in [4.78, 5) is 2.54. The molecule has 0 aromatic heterocycles. The van der Waals surface area contributed by atoms with E-state index in [4.69, 9.17) is 14.2 Å². The van der Waals surface area contributed by atoms with Gasteiger partial charge in [0.2, 0.25) is 0 Å². The van der Waals surface area contributed by atoms with Crippen molar-refractivity contribution in [2.45, 2.75) is 31.9 Å². The van der Waals surface area contributed by atoms with E-state index in [-0.39, 0.29) is 6.10 Å². The number of hydrogen-bond acceptors (Lipinski definition) is 4. The monoisotopic (exact) mass is 277 g/mol. The molecule has 0 spiro atoms. The first-order chi connectivity index (χ1) is 9.80. The quantitative estimate of drug-likeness (QED) is 0.849. The molecule has 2 atom stereocenters. The van der Waals surface area contributed by atoms with E-state index in [1.807, 2.05) is 6.07 Å². The summed E-state index contributed by atoms with van der Waals surface area (Å²) >= 11 is 0. The van der Waals surface area contributed by atoms with Gasteiger partial charge in [-0.2, -0.15) is 0 Å². The molecule has 1 saturated heterocycles. The third-order valence-electron chi connectivity index (χ3n) is 4.58. The molecule has 1 aromatic rings. The Labute approximate surface area is 120 Å². The average Bonchev–Trinajstić information content (AvgIpc) is 2.52. The summed E-state index contributed by atoms with van der Waals surface area (Å²) in [6.07, 6.45) is 2.32. The summed E-state index contributed by atoms with van der Waals surface area (Å²) in [5.74, 6) is 1.69. The summed E-state index contributed by atoms with van der Waals surface area (Å²) in [6.45, 7) is 5.17. The molecule has 4 heteroatoms. The highest BCUT2D eigenvalue weighted by Gasteiger charge is 2.38. The van der Waals surface area contributed by atoms with Crippen LogP contribution in [0.4, 0.5) is 0 Å². The van der Waals surface area contributed by atoms with Gasteiger partial charge in [-0.25, -0.2) is 0 Å². The lowest BCUT2D eigenvalue weighted by atomic mass is 9.83. The summed E-state index contributed by atoms with van der Waals surface area (Å²) in [6, 6.07) is 4.64. The number of fused-ring (bicyclic) bond motifs is 3. The Hall–Kier alpha value is -1.26. The maximum atomic E-state index is 6.08. The zero-order valence-electron chi connectivity index (χ0n) is 12.5. The van der Waals surface area contributed by atoms with Crippen LogP contribution in [0.25, 0.3) is 0 Å². The first-order valence-corrected chi connectivity index (χ1v) is 7.39. The highest BCUT2D eigenvalue weighted by Crippen LogP contribution is 2.44. The Bertz CT molecular complexity index is 489. The first-order valence-electron chi connectivity index (χ1n) is 7.39. The predicted molar refractivity (Wildman–Crippen MR) is 77.6 cm³/mol. The molecular formula is C16H23NO3. The number of likely N-dealkylation sites (N-methyl/N-ethyl adjacent to an activating group) is 1. The van der Waals surface area contributed by atoms with Crippen molar-refractivity contribution < 1.29 is 14.2 Å². The van der Waals surface area contributed by atoms with E-state index in [1.165, 1.54) is 11.1 Å². The van der Waals surface area contributed by atoms with Crippen LogP contribution in [0.15, 0.2) is 12.1 Å². The first kappa shape index (κ1) is 13.7. The highest BCUT2D eigenvalue weighted by atomic mass is 16.5. The molecule has 3 rings (SSSR count). The Kier molecular flexibility index (Phi) is 3.85. The fraction of sp³-hybridized carbons (Fsp3) is 0.625. The lowest BCUT2D eigenvalue weighted by Crippen LogP contribution is -2.48. The van der Waals surface area contributed by atoms with Crippen LogP contribution >= 0.6 is 0 Å². The maximum Gasteiger partial charge on any atom is 0.164 e. The largest absolute Gasteiger partial charge is 0.493 e. The van der Waals surface area contributed by atoms with Crippen LogP contribution in [0.1, 0.15) is 30.6 Å². The van der Waals surface area contributed by atoms with Gasteiger partial charge in [0, 0.05) is 18.2 Å². The molecule has 0 amide bonds. The van der Waals surface area contributed by atoms with Crippen LogP contribution in [-0.2, 0) is 11.2 Å².